The van der Waals surface area contributed by atoms with Crippen molar-refractivity contribution in [3.05, 3.63) is 76.8 Å². The molecule has 27 heavy (non-hydrogen) atoms. The van der Waals surface area contributed by atoms with Crippen molar-refractivity contribution in [3.8, 4) is 5.75 Å². The zero-order valence-corrected chi connectivity index (χ0v) is 15.1. The largest absolute Gasteiger partial charge is 0.495 e. The average molecular weight is 387 g/mol. The molecule has 0 bridgehead atoms. The van der Waals surface area contributed by atoms with Gasteiger partial charge in [-0.2, -0.15) is 0 Å². The Bertz CT molecular complexity index is 968. The van der Waals surface area contributed by atoms with Gasteiger partial charge in [0, 0.05) is 24.0 Å². The second-order valence-electron chi connectivity index (χ2n) is 5.51. The molecule has 8 heteroatoms. The van der Waals surface area contributed by atoms with E-state index in [9.17, 15) is 9.18 Å². The number of nitrogens with one attached hydrogen (secondary N) is 2. The van der Waals surface area contributed by atoms with Crippen LogP contribution in [0.4, 0.5) is 16.0 Å². The number of aromatic nitrogens is 2. The van der Waals surface area contributed by atoms with E-state index in [0.29, 0.717) is 22.0 Å². The van der Waals surface area contributed by atoms with E-state index in [1.807, 2.05) is 0 Å². The highest BCUT2D eigenvalue weighted by Gasteiger charge is 2.10. The van der Waals surface area contributed by atoms with Gasteiger partial charge in [-0.15, -0.1) is 0 Å². The maximum atomic E-state index is 13.6. The Morgan fingerprint density at radius 1 is 1.22 bits per heavy atom. The summed E-state index contributed by atoms with van der Waals surface area (Å²) in [4.78, 5) is 20.5. The molecule has 2 aromatic carbocycles. The fraction of sp³-hybridized carbons (Fsp3) is 0.105. The minimum absolute atomic E-state index is 0.0619. The molecule has 1 heterocycles. The van der Waals surface area contributed by atoms with Crippen LogP contribution in [0.2, 0.25) is 5.02 Å². The number of carbonyl (C=O) groups excluding carboxylic acids is 1. The highest BCUT2D eigenvalue weighted by Crippen LogP contribution is 2.28. The third-order valence-corrected chi connectivity index (χ3v) is 3.99. The van der Waals surface area contributed by atoms with Crippen LogP contribution < -0.4 is 15.4 Å². The number of rotatable bonds is 6. The topological polar surface area (TPSA) is 76.1 Å². The standard InChI is InChI=1S/C19H16ClFN4O2/c1-27-17-7-6-13(10-14(17)20)24-19-22-9-8-16(25-19)18(26)23-11-12-4-2-3-5-15(12)21/h2-10H,11H2,1H3,(H,23,26)(H,22,24,25). The van der Waals surface area contributed by atoms with Crippen LogP contribution in [0, 0.1) is 5.82 Å². The summed E-state index contributed by atoms with van der Waals surface area (Å²) in [6, 6.07) is 12.8. The van der Waals surface area contributed by atoms with Crippen LogP contribution in [0.1, 0.15) is 16.1 Å². The van der Waals surface area contributed by atoms with E-state index in [-0.39, 0.29) is 24.0 Å². The van der Waals surface area contributed by atoms with Gasteiger partial charge >= 0.3 is 0 Å². The van der Waals surface area contributed by atoms with Crippen molar-refractivity contribution in [2.45, 2.75) is 6.54 Å². The van der Waals surface area contributed by atoms with Crippen LogP contribution in [0.15, 0.2) is 54.7 Å². The van der Waals surface area contributed by atoms with Gasteiger partial charge in [0.2, 0.25) is 5.95 Å². The highest BCUT2D eigenvalue weighted by molar-refractivity contribution is 6.32. The van der Waals surface area contributed by atoms with Crippen LogP contribution in [0.5, 0.6) is 5.75 Å². The first-order valence-electron chi connectivity index (χ1n) is 8.02. The van der Waals surface area contributed by atoms with Crippen molar-refractivity contribution in [1.82, 2.24) is 15.3 Å². The first-order chi connectivity index (χ1) is 13.1. The summed E-state index contributed by atoms with van der Waals surface area (Å²) in [6.45, 7) is 0.0619. The Morgan fingerprint density at radius 3 is 2.78 bits per heavy atom. The van der Waals surface area contributed by atoms with Gasteiger partial charge in [0.1, 0.15) is 17.3 Å². The van der Waals surface area contributed by atoms with Crippen LogP contribution in [-0.4, -0.2) is 23.0 Å². The zero-order chi connectivity index (χ0) is 19.2. The summed E-state index contributed by atoms with van der Waals surface area (Å²) in [5.41, 5.74) is 1.19. The van der Waals surface area contributed by atoms with Gasteiger partial charge in [0.25, 0.3) is 5.91 Å². The van der Waals surface area contributed by atoms with Crippen molar-refractivity contribution >= 4 is 29.1 Å². The van der Waals surface area contributed by atoms with Gasteiger partial charge in [-0.3, -0.25) is 4.79 Å². The molecule has 0 saturated heterocycles. The van der Waals surface area contributed by atoms with E-state index < -0.39 is 5.91 Å². The maximum absolute atomic E-state index is 13.6. The third-order valence-electron chi connectivity index (χ3n) is 3.69. The first-order valence-corrected chi connectivity index (χ1v) is 8.40. The van der Waals surface area contributed by atoms with E-state index in [2.05, 4.69) is 20.6 Å². The predicted octanol–water partition coefficient (Wildman–Crippen LogP) is 3.95. The highest BCUT2D eigenvalue weighted by atomic mass is 35.5. The quantitative estimate of drug-likeness (QED) is 0.670. The Balaban J connectivity index is 1.68. The lowest BCUT2D eigenvalue weighted by Crippen LogP contribution is -2.24. The van der Waals surface area contributed by atoms with Crippen molar-refractivity contribution in [2.75, 3.05) is 12.4 Å². The molecule has 138 valence electrons. The van der Waals surface area contributed by atoms with E-state index in [1.165, 1.54) is 25.4 Å². The van der Waals surface area contributed by atoms with Crippen LogP contribution in [0.3, 0.4) is 0 Å². The van der Waals surface area contributed by atoms with Gasteiger partial charge in [0.05, 0.1) is 12.1 Å². The zero-order valence-electron chi connectivity index (χ0n) is 14.4. The molecular weight excluding hydrogens is 371 g/mol. The van der Waals surface area contributed by atoms with Crippen molar-refractivity contribution in [1.29, 1.82) is 0 Å². The number of methoxy groups -OCH3 is 1. The molecular formula is C19H16ClFN4O2. The van der Waals surface area contributed by atoms with Gasteiger partial charge < -0.3 is 15.4 Å². The number of anilines is 2. The number of hydrogen-bond donors (Lipinski definition) is 2. The minimum Gasteiger partial charge on any atom is -0.495 e. The number of amides is 1. The monoisotopic (exact) mass is 386 g/mol. The van der Waals surface area contributed by atoms with Crippen molar-refractivity contribution in [2.24, 2.45) is 0 Å². The molecule has 3 rings (SSSR count). The molecule has 1 aromatic heterocycles. The Kier molecular flexibility index (Phi) is 5.83. The van der Waals surface area contributed by atoms with Crippen LogP contribution >= 0.6 is 11.6 Å². The Morgan fingerprint density at radius 2 is 2.04 bits per heavy atom. The summed E-state index contributed by atoms with van der Waals surface area (Å²) in [6.07, 6.45) is 1.46. The van der Waals surface area contributed by atoms with E-state index in [4.69, 9.17) is 16.3 Å². The molecule has 0 spiro atoms. The van der Waals surface area contributed by atoms with Gasteiger partial charge in [-0.1, -0.05) is 29.8 Å². The molecule has 0 radical (unpaired) electrons. The lowest BCUT2D eigenvalue weighted by molar-refractivity contribution is 0.0945. The summed E-state index contributed by atoms with van der Waals surface area (Å²) in [7, 11) is 1.53. The summed E-state index contributed by atoms with van der Waals surface area (Å²) >= 11 is 6.09. The van der Waals surface area contributed by atoms with Crippen LogP contribution in [-0.2, 0) is 6.54 Å². The molecule has 0 aliphatic carbocycles. The van der Waals surface area contributed by atoms with E-state index in [1.54, 1.807) is 36.4 Å². The number of carbonyl (C=O) groups is 1. The second-order valence-corrected chi connectivity index (χ2v) is 5.92. The molecule has 1 amide bonds. The van der Waals surface area contributed by atoms with E-state index >= 15 is 0 Å². The SMILES string of the molecule is COc1ccc(Nc2nccc(C(=O)NCc3ccccc3F)n2)cc1Cl. The molecule has 0 saturated carbocycles. The molecule has 3 aromatic rings. The van der Waals surface area contributed by atoms with Crippen molar-refractivity contribution in [3.63, 3.8) is 0 Å². The third kappa shape index (κ3) is 4.71. The Hall–Kier alpha value is -3.19. The lowest BCUT2D eigenvalue weighted by Gasteiger charge is -2.09. The smallest absolute Gasteiger partial charge is 0.270 e. The molecule has 0 atom stereocenters. The van der Waals surface area contributed by atoms with E-state index in [0.717, 1.165) is 0 Å². The average Bonchev–Trinajstić information content (AvgIpc) is 2.67. The van der Waals surface area contributed by atoms with Crippen LogP contribution in [0.25, 0.3) is 0 Å². The summed E-state index contributed by atoms with van der Waals surface area (Å²) in [5.74, 6) is -0.0325. The van der Waals surface area contributed by atoms with Gasteiger partial charge in [0.15, 0.2) is 0 Å². The predicted molar refractivity (Wildman–Crippen MR) is 101 cm³/mol. The normalized spacial score (nSPS) is 10.3. The number of nitrogens with zero attached hydrogens (tertiary/aromatic N) is 2. The van der Waals surface area contributed by atoms with Gasteiger partial charge in [-0.05, 0) is 30.3 Å². The molecule has 0 aliphatic rings. The molecule has 6 nitrogen and oxygen atoms in total. The molecule has 0 unspecified atom stereocenters. The Labute approximate surface area is 160 Å². The second kappa shape index (κ2) is 8.46. The number of ether oxygens (including phenoxy) is 1. The minimum atomic E-state index is -0.434. The van der Waals surface area contributed by atoms with Gasteiger partial charge in [-0.25, -0.2) is 14.4 Å². The number of benzene rings is 2. The number of halogens is 2. The lowest BCUT2D eigenvalue weighted by atomic mass is 10.2. The fourth-order valence-corrected chi connectivity index (χ4v) is 2.58. The summed E-state index contributed by atoms with van der Waals surface area (Å²) < 4.78 is 18.7. The molecule has 0 aliphatic heterocycles. The number of hydrogen-bond acceptors (Lipinski definition) is 5. The fourth-order valence-electron chi connectivity index (χ4n) is 2.33. The maximum Gasteiger partial charge on any atom is 0.270 e. The summed E-state index contributed by atoms with van der Waals surface area (Å²) in [5, 5.41) is 6.04. The first kappa shape index (κ1) is 18.6. The molecule has 2 N–H and O–H groups in total. The molecule has 0 fully saturated rings. The van der Waals surface area contributed by atoms with Crippen molar-refractivity contribution < 1.29 is 13.9 Å².